The summed E-state index contributed by atoms with van der Waals surface area (Å²) in [5, 5.41) is 9.99. The smallest absolute Gasteiger partial charge is 0.360 e. The molecule has 0 saturated heterocycles. The molecule has 0 saturated carbocycles. The number of thiophene rings is 1. The fourth-order valence-corrected chi connectivity index (χ4v) is 2.96. The summed E-state index contributed by atoms with van der Waals surface area (Å²) in [6.45, 7) is 1.05. The van der Waals surface area contributed by atoms with Gasteiger partial charge in [0.25, 0.3) is 0 Å². The number of halogens is 1. The predicted octanol–water partition coefficient (Wildman–Crippen LogP) is 2.13. The summed E-state index contributed by atoms with van der Waals surface area (Å²) in [4.78, 5) is 11.7. The lowest BCUT2D eigenvalue weighted by Crippen LogP contribution is -2.12. The Morgan fingerprint density at radius 2 is 2.30 bits per heavy atom. The molecular weight excluding hydrogens is 346 g/mol. The van der Waals surface area contributed by atoms with E-state index in [0.717, 1.165) is 15.0 Å². The number of hydrogen-bond acceptors (Lipinski definition) is 6. The van der Waals surface area contributed by atoms with E-state index in [2.05, 4.69) is 26.2 Å². The maximum Gasteiger partial charge on any atom is 0.360 e. The molecule has 0 N–H and O–H groups in total. The highest BCUT2D eigenvalue weighted by atomic mass is 79.9. The van der Waals surface area contributed by atoms with Crippen LogP contribution < -0.4 is 0 Å². The molecule has 108 valence electrons. The zero-order valence-corrected chi connectivity index (χ0v) is 13.5. The number of rotatable bonds is 6. The van der Waals surface area contributed by atoms with E-state index in [0.29, 0.717) is 19.6 Å². The maximum absolute atomic E-state index is 11.7. The van der Waals surface area contributed by atoms with Crippen molar-refractivity contribution >= 4 is 33.2 Å². The number of nitrogens with zero attached hydrogens (tertiary/aromatic N) is 3. The molecule has 0 unspecified atom stereocenters. The molecule has 0 aromatic carbocycles. The van der Waals surface area contributed by atoms with Crippen LogP contribution in [0.3, 0.4) is 0 Å². The van der Waals surface area contributed by atoms with Crippen molar-refractivity contribution in [2.45, 2.75) is 13.0 Å². The Hall–Kier alpha value is -1.25. The van der Waals surface area contributed by atoms with E-state index in [1.165, 1.54) is 7.11 Å². The number of methoxy groups -OCH3 is 2. The van der Waals surface area contributed by atoms with Gasteiger partial charge in [-0.2, -0.15) is 0 Å². The van der Waals surface area contributed by atoms with E-state index in [1.807, 2.05) is 11.4 Å². The fourth-order valence-electron chi connectivity index (χ4n) is 1.76. The summed E-state index contributed by atoms with van der Waals surface area (Å²) in [6.07, 6.45) is 0.555. The summed E-state index contributed by atoms with van der Waals surface area (Å²) < 4.78 is 12.6. The highest BCUT2D eigenvalue weighted by Gasteiger charge is 2.20. The Morgan fingerprint density at radius 3 is 2.90 bits per heavy atom. The predicted molar refractivity (Wildman–Crippen MR) is 78.1 cm³/mol. The lowest BCUT2D eigenvalue weighted by Gasteiger charge is -2.06. The Kier molecular flexibility index (Phi) is 5.27. The molecular formula is C12H14BrN3O3S. The fraction of sp³-hybridized carbons (Fsp3) is 0.417. The minimum absolute atomic E-state index is 0.249. The van der Waals surface area contributed by atoms with Crippen molar-refractivity contribution in [3.05, 3.63) is 32.2 Å². The van der Waals surface area contributed by atoms with Gasteiger partial charge in [0.1, 0.15) is 0 Å². The lowest BCUT2D eigenvalue weighted by atomic mass is 10.2. The quantitative estimate of drug-likeness (QED) is 0.739. The Bertz CT molecular complexity index is 597. The molecule has 20 heavy (non-hydrogen) atoms. The lowest BCUT2D eigenvalue weighted by molar-refractivity contribution is 0.0592. The first-order chi connectivity index (χ1) is 9.65. The third-order valence-electron chi connectivity index (χ3n) is 2.71. The zero-order chi connectivity index (χ0) is 14.5. The van der Waals surface area contributed by atoms with Gasteiger partial charge in [-0.25, -0.2) is 9.48 Å². The first-order valence-electron chi connectivity index (χ1n) is 5.88. The molecule has 0 amide bonds. The van der Waals surface area contributed by atoms with Gasteiger partial charge in [-0.15, -0.1) is 16.4 Å². The molecule has 0 aliphatic rings. The number of aromatic nitrogens is 3. The van der Waals surface area contributed by atoms with Gasteiger partial charge in [-0.3, -0.25) is 0 Å². The summed E-state index contributed by atoms with van der Waals surface area (Å²) in [5.41, 5.74) is 2.07. The third kappa shape index (κ3) is 3.44. The first kappa shape index (κ1) is 15.1. The van der Waals surface area contributed by atoms with Crippen LogP contribution in [0.15, 0.2) is 15.2 Å². The van der Waals surface area contributed by atoms with Crippen LogP contribution in [-0.2, 0) is 22.4 Å². The van der Waals surface area contributed by atoms with Crippen LogP contribution in [0.2, 0.25) is 0 Å². The molecule has 0 bridgehead atoms. The summed E-state index contributed by atoms with van der Waals surface area (Å²) in [7, 11) is 2.94. The summed E-state index contributed by atoms with van der Waals surface area (Å²) in [6, 6.07) is 2.02. The van der Waals surface area contributed by atoms with Gasteiger partial charge in [0, 0.05) is 13.5 Å². The van der Waals surface area contributed by atoms with Crippen molar-refractivity contribution in [2.24, 2.45) is 0 Å². The van der Waals surface area contributed by atoms with Gasteiger partial charge in [-0.1, -0.05) is 5.21 Å². The molecule has 2 aromatic heterocycles. The van der Waals surface area contributed by atoms with Crippen LogP contribution >= 0.6 is 27.3 Å². The van der Waals surface area contributed by atoms with Crippen molar-refractivity contribution in [1.82, 2.24) is 15.0 Å². The second kappa shape index (κ2) is 6.96. The number of hydrogen-bond donors (Lipinski definition) is 0. The zero-order valence-electron chi connectivity index (χ0n) is 11.1. The second-order valence-electron chi connectivity index (χ2n) is 4.04. The molecule has 0 spiro atoms. The molecule has 2 aromatic rings. The SMILES string of the molecule is COCCc1c(C(=O)OC)nnn1Cc1csc(Br)c1. The maximum atomic E-state index is 11.7. The van der Waals surface area contributed by atoms with Crippen LogP contribution in [0.5, 0.6) is 0 Å². The Morgan fingerprint density at radius 1 is 1.50 bits per heavy atom. The molecule has 8 heteroatoms. The second-order valence-corrected chi connectivity index (χ2v) is 6.33. The number of carbonyl (C=O) groups excluding carboxylic acids is 1. The third-order valence-corrected chi connectivity index (χ3v) is 4.27. The van der Waals surface area contributed by atoms with Gasteiger partial charge >= 0.3 is 5.97 Å². The van der Waals surface area contributed by atoms with E-state index in [-0.39, 0.29) is 5.69 Å². The summed E-state index contributed by atoms with van der Waals surface area (Å²) >= 11 is 5.03. The van der Waals surface area contributed by atoms with Crippen LogP contribution in [0, 0.1) is 0 Å². The molecule has 2 heterocycles. The Balaban J connectivity index is 2.27. The number of esters is 1. The van der Waals surface area contributed by atoms with E-state index >= 15 is 0 Å². The molecule has 0 aliphatic heterocycles. The van der Waals surface area contributed by atoms with E-state index in [4.69, 9.17) is 9.47 Å². The van der Waals surface area contributed by atoms with Crippen molar-refractivity contribution in [2.75, 3.05) is 20.8 Å². The van der Waals surface area contributed by atoms with Crippen LogP contribution in [0.25, 0.3) is 0 Å². The highest BCUT2D eigenvalue weighted by molar-refractivity contribution is 9.11. The molecule has 0 atom stereocenters. The van der Waals surface area contributed by atoms with Gasteiger partial charge in [0.05, 0.1) is 29.7 Å². The highest BCUT2D eigenvalue weighted by Crippen LogP contribution is 2.22. The molecule has 2 rings (SSSR count). The molecule has 0 radical (unpaired) electrons. The molecule has 6 nitrogen and oxygen atoms in total. The monoisotopic (exact) mass is 359 g/mol. The largest absolute Gasteiger partial charge is 0.464 e. The van der Waals surface area contributed by atoms with Gasteiger partial charge in [-0.05, 0) is 32.9 Å². The molecule has 0 fully saturated rings. The van der Waals surface area contributed by atoms with Crippen LogP contribution in [0.1, 0.15) is 21.7 Å². The number of ether oxygens (including phenoxy) is 2. The average Bonchev–Trinajstić information content (AvgIpc) is 3.03. The van der Waals surface area contributed by atoms with Crippen molar-refractivity contribution in [3.8, 4) is 0 Å². The van der Waals surface area contributed by atoms with E-state index in [9.17, 15) is 4.79 Å². The van der Waals surface area contributed by atoms with Crippen molar-refractivity contribution < 1.29 is 14.3 Å². The van der Waals surface area contributed by atoms with Gasteiger partial charge in [0.2, 0.25) is 0 Å². The van der Waals surface area contributed by atoms with E-state index in [1.54, 1.807) is 23.1 Å². The average molecular weight is 360 g/mol. The standard InChI is InChI=1S/C12H14BrN3O3S/c1-18-4-3-9-11(12(17)19-2)14-15-16(9)6-8-5-10(13)20-7-8/h5,7H,3-4,6H2,1-2H3. The summed E-state index contributed by atoms with van der Waals surface area (Å²) in [5.74, 6) is -0.478. The van der Waals surface area contributed by atoms with E-state index < -0.39 is 5.97 Å². The Labute approximate surface area is 128 Å². The number of carbonyl (C=O) groups is 1. The van der Waals surface area contributed by atoms with Crippen LogP contribution in [-0.4, -0.2) is 41.8 Å². The van der Waals surface area contributed by atoms with Crippen molar-refractivity contribution in [3.63, 3.8) is 0 Å². The minimum Gasteiger partial charge on any atom is -0.464 e. The first-order valence-corrected chi connectivity index (χ1v) is 7.55. The van der Waals surface area contributed by atoms with Gasteiger partial charge < -0.3 is 9.47 Å². The topological polar surface area (TPSA) is 66.2 Å². The molecule has 0 aliphatic carbocycles. The van der Waals surface area contributed by atoms with Crippen molar-refractivity contribution in [1.29, 1.82) is 0 Å². The van der Waals surface area contributed by atoms with Gasteiger partial charge in [0.15, 0.2) is 5.69 Å². The minimum atomic E-state index is -0.478. The van der Waals surface area contributed by atoms with Crippen LogP contribution in [0.4, 0.5) is 0 Å². The normalized spacial score (nSPS) is 10.8.